The first-order valence-corrected chi connectivity index (χ1v) is 9.40. The largest absolute Gasteiger partial charge is 0.494 e. The third-order valence-corrected chi connectivity index (χ3v) is 4.26. The lowest BCUT2D eigenvalue weighted by molar-refractivity contribution is -0.125. The van der Waals surface area contributed by atoms with Crippen LogP contribution in [0.2, 0.25) is 5.02 Å². The summed E-state index contributed by atoms with van der Waals surface area (Å²) in [5.41, 5.74) is 1.18. The highest BCUT2D eigenvalue weighted by atomic mass is 35.5. The molecule has 0 saturated heterocycles. The van der Waals surface area contributed by atoms with E-state index in [4.69, 9.17) is 21.1 Å². The zero-order chi connectivity index (χ0) is 20.6. The number of nitrogens with zero attached hydrogens (tertiary/aromatic N) is 1. The molecule has 3 rings (SSSR count). The van der Waals surface area contributed by atoms with Crippen molar-refractivity contribution in [3.63, 3.8) is 0 Å². The summed E-state index contributed by atoms with van der Waals surface area (Å²) in [7, 11) is 0. The summed E-state index contributed by atoms with van der Waals surface area (Å²) in [6, 6.07) is 13.9. The maximum absolute atomic E-state index is 12.0. The maximum atomic E-state index is 12.0. The monoisotopic (exact) mass is 413 g/mol. The molecule has 2 N–H and O–H groups in total. The van der Waals surface area contributed by atoms with Crippen LogP contribution >= 0.6 is 11.6 Å². The van der Waals surface area contributed by atoms with Crippen molar-refractivity contribution in [2.24, 2.45) is 0 Å². The Kier molecular flexibility index (Phi) is 6.86. The first kappa shape index (κ1) is 20.4. The Morgan fingerprint density at radius 1 is 1.03 bits per heavy atom. The number of halogens is 1. The molecule has 0 radical (unpaired) electrons. The molecule has 29 heavy (non-hydrogen) atoms. The minimum Gasteiger partial charge on any atom is -0.494 e. The maximum Gasteiger partial charge on any atom is 0.258 e. The number of carbonyl (C=O) groups is 2. The van der Waals surface area contributed by atoms with E-state index < -0.39 is 5.91 Å². The van der Waals surface area contributed by atoms with Gasteiger partial charge in [-0.05, 0) is 55.5 Å². The van der Waals surface area contributed by atoms with Crippen LogP contribution < -0.4 is 20.1 Å². The van der Waals surface area contributed by atoms with E-state index >= 15 is 0 Å². The molecule has 3 aromatic rings. The summed E-state index contributed by atoms with van der Waals surface area (Å²) >= 11 is 6.14. The molecule has 0 saturated carbocycles. The van der Waals surface area contributed by atoms with Gasteiger partial charge in [0.2, 0.25) is 5.91 Å². The molecule has 0 aliphatic carbocycles. The Balaban J connectivity index is 1.48. The highest BCUT2D eigenvalue weighted by Crippen LogP contribution is 2.29. The molecule has 7 nitrogen and oxygen atoms in total. The first-order chi connectivity index (χ1) is 14.1. The van der Waals surface area contributed by atoms with Crippen molar-refractivity contribution >= 4 is 40.0 Å². The van der Waals surface area contributed by atoms with Gasteiger partial charge in [0.1, 0.15) is 17.0 Å². The fourth-order valence-electron chi connectivity index (χ4n) is 2.61. The minimum atomic E-state index is -0.425. The molecule has 0 aliphatic rings. The van der Waals surface area contributed by atoms with E-state index in [2.05, 4.69) is 15.6 Å². The zero-order valence-corrected chi connectivity index (χ0v) is 16.5. The standard InChI is InChI=1S/C21H20ClN3O4/c1-2-28-15-7-5-14(6-8-15)25-19(26)12-24-20(27)13-29-18-10-9-17(22)16-4-3-11-23-21(16)18/h3-11H,2,12-13H2,1H3,(H,24,27)(H,25,26). The number of nitrogens with one attached hydrogen (secondary N) is 2. The van der Waals surface area contributed by atoms with E-state index in [1.807, 2.05) is 13.0 Å². The molecular weight excluding hydrogens is 394 g/mol. The number of hydrogen-bond donors (Lipinski definition) is 2. The number of anilines is 1. The van der Waals surface area contributed by atoms with Gasteiger partial charge < -0.3 is 20.1 Å². The summed E-state index contributed by atoms with van der Waals surface area (Å²) in [6.07, 6.45) is 1.62. The topological polar surface area (TPSA) is 89.6 Å². The van der Waals surface area contributed by atoms with E-state index in [1.165, 1.54) is 0 Å². The lowest BCUT2D eigenvalue weighted by Gasteiger charge is -2.10. The quantitative estimate of drug-likeness (QED) is 0.590. The van der Waals surface area contributed by atoms with Crippen LogP contribution in [0, 0.1) is 0 Å². The molecular formula is C21H20ClN3O4. The van der Waals surface area contributed by atoms with Gasteiger partial charge in [-0.1, -0.05) is 11.6 Å². The van der Waals surface area contributed by atoms with Crippen LogP contribution in [0.5, 0.6) is 11.5 Å². The number of amides is 2. The Bertz CT molecular complexity index is 1010. The van der Waals surface area contributed by atoms with Gasteiger partial charge in [-0.3, -0.25) is 14.6 Å². The molecule has 0 spiro atoms. The number of fused-ring (bicyclic) bond motifs is 1. The van der Waals surface area contributed by atoms with Crippen molar-refractivity contribution < 1.29 is 19.1 Å². The molecule has 8 heteroatoms. The highest BCUT2D eigenvalue weighted by Gasteiger charge is 2.10. The van der Waals surface area contributed by atoms with Crippen LogP contribution in [0.4, 0.5) is 5.69 Å². The molecule has 150 valence electrons. The molecule has 2 aromatic carbocycles. The van der Waals surface area contributed by atoms with Crippen LogP contribution in [0.15, 0.2) is 54.7 Å². The van der Waals surface area contributed by atoms with E-state index in [0.29, 0.717) is 28.6 Å². The predicted molar refractivity (Wildman–Crippen MR) is 111 cm³/mol. The molecule has 0 fully saturated rings. The SMILES string of the molecule is CCOc1ccc(NC(=O)CNC(=O)COc2ccc(Cl)c3cccnc23)cc1. The average molecular weight is 414 g/mol. The fraction of sp³-hybridized carbons (Fsp3) is 0.190. The molecule has 2 amide bonds. The smallest absolute Gasteiger partial charge is 0.258 e. The number of benzene rings is 2. The van der Waals surface area contributed by atoms with Gasteiger partial charge >= 0.3 is 0 Å². The van der Waals surface area contributed by atoms with Gasteiger partial charge in [-0.15, -0.1) is 0 Å². The van der Waals surface area contributed by atoms with Gasteiger partial charge in [0.15, 0.2) is 6.61 Å². The number of pyridine rings is 1. The molecule has 0 atom stereocenters. The Morgan fingerprint density at radius 2 is 1.83 bits per heavy atom. The Morgan fingerprint density at radius 3 is 2.59 bits per heavy atom. The Hall–Kier alpha value is -3.32. The van der Waals surface area contributed by atoms with Crippen LogP contribution in [0.3, 0.4) is 0 Å². The molecule has 0 aliphatic heterocycles. The summed E-state index contributed by atoms with van der Waals surface area (Å²) in [4.78, 5) is 28.2. The van der Waals surface area contributed by atoms with Crippen molar-refractivity contribution in [2.75, 3.05) is 25.1 Å². The van der Waals surface area contributed by atoms with E-state index in [0.717, 1.165) is 11.1 Å². The summed E-state index contributed by atoms with van der Waals surface area (Å²) in [5, 5.41) is 6.50. The number of carbonyl (C=O) groups excluding carboxylic acids is 2. The van der Waals surface area contributed by atoms with Gasteiger partial charge in [-0.2, -0.15) is 0 Å². The van der Waals surface area contributed by atoms with Crippen molar-refractivity contribution in [1.82, 2.24) is 10.3 Å². The second-order valence-corrected chi connectivity index (χ2v) is 6.42. The van der Waals surface area contributed by atoms with E-state index in [9.17, 15) is 9.59 Å². The zero-order valence-electron chi connectivity index (χ0n) is 15.8. The van der Waals surface area contributed by atoms with Crippen molar-refractivity contribution in [1.29, 1.82) is 0 Å². The van der Waals surface area contributed by atoms with Gasteiger partial charge in [-0.25, -0.2) is 0 Å². The lowest BCUT2D eigenvalue weighted by Crippen LogP contribution is -2.35. The molecule has 0 unspecified atom stereocenters. The third-order valence-electron chi connectivity index (χ3n) is 3.93. The second-order valence-electron chi connectivity index (χ2n) is 6.02. The summed E-state index contributed by atoms with van der Waals surface area (Å²) < 4.78 is 10.9. The second kappa shape index (κ2) is 9.75. The van der Waals surface area contributed by atoms with Crippen molar-refractivity contribution in [3.8, 4) is 11.5 Å². The van der Waals surface area contributed by atoms with Crippen LogP contribution in [0.25, 0.3) is 10.9 Å². The van der Waals surface area contributed by atoms with Crippen LogP contribution in [-0.2, 0) is 9.59 Å². The van der Waals surface area contributed by atoms with E-state index in [1.54, 1.807) is 48.7 Å². The number of aromatic nitrogens is 1. The number of rotatable bonds is 8. The normalized spacial score (nSPS) is 10.4. The van der Waals surface area contributed by atoms with Gasteiger partial charge in [0.05, 0.1) is 18.2 Å². The van der Waals surface area contributed by atoms with Crippen LogP contribution in [0.1, 0.15) is 6.92 Å². The number of hydrogen-bond acceptors (Lipinski definition) is 5. The highest BCUT2D eigenvalue weighted by molar-refractivity contribution is 6.35. The van der Waals surface area contributed by atoms with Crippen molar-refractivity contribution in [2.45, 2.75) is 6.92 Å². The summed E-state index contributed by atoms with van der Waals surface area (Å²) in [5.74, 6) is 0.395. The fourth-order valence-corrected chi connectivity index (χ4v) is 2.82. The molecule has 1 heterocycles. The van der Waals surface area contributed by atoms with Gasteiger partial charge in [0, 0.05) is 17.3 Å². The Labute approximate surface area is 173 Å². The molecule has 1 aromatic heterocycles. The van der Waals surface area contributed by atoms with Crippen molar-refractivity contribution in [3.05, 3.63) is 59.8 Å². The molecule has 0 bridgehead atoms. The summed E-state index contributed by atoms with van der Waals surface area (Å²) in [6.45, 7) is 2.05. The minimum absolute atomic E-state index is 0.172. The predicted octanol–water partition coefficient (Wildman–Crippen LogP) is 3.42. The third kappa shape index (κ3) is 5.58. The average Bonchev–Trinajstić information content (AvgIpc) is 2.73. The van der Waals surface area contributed by atoms with E-state index in [-0.39, 0.29) is 19.1 Å². The van der Waals surface area contributed by atoms with Gasteiger partial charge in [0.25, 0.3) is 5.91 Å². The lowest BCUT2D eigenvalue weighted by atomic mass is 10.2. The van der Waals surface area contributed by atoms with Crippen LogP contribution in [-0.4, -0.2) is 36.6 Å². The first-order valence-electron chi connectivity index (χ1n) is 9.02. The number of ether oxygens (including phenoxy) is 2.